The average Bonchev–Trinajstić information content (AvgIpc) is 3.42. The lowest BCUT2D eigenvalue weighted by atomic mass is 9.78. The maximum absolute atomic E-state index is 13.0. The average molecular weight is 407 g/mol. The molecule has 3 aliphatic carbocycles. The maximum Gasteiger partial charge on any atom is 0.224 e. The predicted molar refractivity (Wildman–Crippen MR) is 110 cm³/mol. The summed E-state index contributed by atoms with van der Waals surface area (Å²) in [6.07, 6.45) is 8.15. The van der Waals surface area contributed by atoms with Crippen LogP contribution in [0.25, 0.3) is 0 Å². The van der Waals surface area contributed by atoms with Crippen LogP contribution in [0.3, 0.4) is 0 Å². The van der Waals surface area contributed by atoms with Gasteiger partial charge in [0.15, 0.2) is 11.5 Å². The van der Waals surface area contributed by atoms with E-state index < -0.39 is 0 Å². The second kappa shape index (κ2) is 7.75. The van der Waals surface area contributed by atoms with E-state index in [9.17, 15) is 4.79 Å². The highest BCUT2D eigenvalue weighted by molar-refractivity contribution is 5.85. The molecule has 4 aliphatic rings. The van der Waals surface area contributed by atoms with Crippen molar-refractivity contribution in [1.82, 2.24) is 5.32 Å². The lowest BCUT2D eigenvalue weighted by Gasteiger charge is -2.33. The zero-order valence-electron chi connectivity index (χ0n) is 16.3. The molecule has 0 radical (unpaired) electrons. The topological polar surface area (TPSA) is 73.6 Å². The number of hydrogen-bond acceptors (Lipinski definition) is 4. The number of rotatable bonds is 4. The van der Waals surface area contributed by atoms with Crippen LogP contribution in [0.5, 0.6) is 11.5 Å². The van der Waals surface area contributed by atoms with Crippen LogP contribution in [0.2, 0.25) is 0 Å². The Labute approximate surface area is 173 Å². The highest BCUT2D eigenvalue weighted by Gasteiger charge is 2.49. The molecule has 0 spiro atoms. The van der Waals surface area contributed by atoms with Crippen LogP contribution in [0.15, 0.2) is 18.2 Å². The smallest absolute Gasteiger partial charge is 0.224 e. The van der Waals surface area contributed by atoms with Crippen molar-refractivity contribution in [3.05, 3.63) is 23.8 Å². The fourth-order valence-electron chi connectivity index (χ4n) is 6.09. The van der Waals surface area contributed by atoms with E-state index in [-0.39, 0.29) is 35.7 Å². The van der Waals surface area contributed by atoms with Crippen molar-refractivity contribution >= 4 is 18.3 Å². The minimum Gasteiger partial charge on any atom is -0.486 e. The first kappa shape index (κ1) is 19.8. The molecular weight excluding hydrogens is 376 g/mol. The minimum absolute atomic E-state index is 0. The summed E-state index contributed by atoms with van der Waals surface area (Å²) in [7, 11) is 0. The minimum atomic E-state index is 0. The molecule has 154 valence electrons. The summed E-state index contributed by atoms with van der Waals surface area (Å²) in [6.45, 7) is 1.91. The molecule has 0 saturated heterocycles. The van der Waals surface area contributed by atoms with Gasteiger partial charge in [-0.25, -0.2) is 0 Å². The Morgan fingerprint density at radius 3 is 2.54 bits per heavy atom. The highest BCUT2D eigenvalue weighted by Crippen LogP contribution is 2.48. The molecular formula is C22H31ClN2O3. The SMILES string of the molecule is Cl.NC1C2CCC(C2)C1C(=O)NCC1(c2ccc3c(c2)OCCO3)CCCC1. The Bertz CT molecular complexity index is 732. The number of halogens is 1. The lowest BCUT2D eigenvalue weighted by Crippen LogP contribution is -2.48. The van der Waals surface area contributed by atoms with Crippen LogP contribution in [-0.2, 0) is 10.2 Å². The van der Waals surface area contributed by atoms with E-state index in [2.05, 4.69) is 17.4 Å². The van der Waals surface area contributed by atoms with Gasteiger partial charge in [-0.3, -0.25) is 4.79 Å². The van der Waals surface area contributed by atoms with Gasteiger partial charge < -0.3 is 20.5 Å². The molecule has 6 heteroatoms. The van der Waals surface area contributed by atoms with Gasteiger partial charge in [-0.1, -0.05) is 18.9 Å². The van der Waals surface area contributed by atoms with Crippen molar-refractivity contribution in [3.8, 4) is 11.5 Å². The molecule has 4 atom stereocenters. The van der Waals surface area contributed by atoms with Crippen LogP contribution in [0.1, 0.15) is 50.5 Å². The zero-order valence-corrected chi connectivity index (χ0v) is 17.1. The Morgan fingerprint density at radius 2 is 1.82 bits per heavy atom. The number of nitrogens with one attached hydrogen (secondary N) is 1. The van der Waals surface area contributed by atoms with Gasteiger partial charge in [-0.2, -0.15) is 0 Å². The molecule has 4 unspecified atom stereocenters. The Hall–Kier alpha value is -1.46. The summed E-state index contributed by atoms with van der Waals surface area (Å²) in [5.74, 6) is 2.92. The fourth-order valence-corrected chi connectivity index (χ4v) is 6.09. The molecule has 28 heavy (non-hydrogen) atoms. The first-order valence-electron chi connectivity index (χ1n) is 10.6. The van der Waals surface area contributed by atoms with Crippen LogP contribution >= 0.6 is 12.4 Å². The Balaban J connectivity index is 0.00000192. The number of hydrogen-bond donors (Lipinski definition) is 2. The van der Waals surface area contributed by atoms with Gasteiger partial charge in [0.2, 0.25) is 5.91 Å². The normalized spacial score (nSPS) is 32.0. The summed E-state index contributed by atoms with van der Waals surface area (Å²) in [4.78, 5) is 13.0. The lowest BCUT2D eigenvalue weighted by molar-refractivity contribution is -0.127. The number of ether oxygens (including phenoxy) is 2. The molecule has 1 aromatic carbocycles. The van der Waals surface area contributed by atoms with Gasteiger partial charge in [0.1, 0.15) is 13.2 Å². The van der Waals surface area contributed by atoms with Crippen LogP contribution < -0.4 is 20.5 Å². The predicted octanol–water partition coefficient (Wildman–Crippen LogP) is 3.18. The van der Waals surface area contributed by atoms with Crippen molar-refractivity contribution < 1.29 is 14.3 Å². The number of fused-ring (bicyclic) bond motifs is 3. The molecule has 3 N–H and O–H groups in total. The Kier molecular flexibility index (Phi) is 5.49. The van der Waals surface area contributed by atoms with E-state index in [0.29, 0.717) is 31.6 Å². The molecule has 0 aromatic heterocycles. The largest absolute Gasteiger partial charge is 0.486 e. The molecule has 3 saturated carbocycles. The van der Waals surface area contributed by atoms with E-state index in [0.717, 1.165) is 30.8 Å². The second-order valence-corrected chi connectivity index (χ2v) is 9.00. The van der Waals surface area contributed by atoms with Crippen molar-refractivity contribution in [2.24, 2.45) is 23.5 Å². The van der Waals surface area contributed by atoms with E-state index in [1.165, 1.54) is 31.2 Å². The third-order valence-electron chi connectivity index (χ3n) is 7.60. The van der Waals surface area contributed by atoms with Crippen molar-refractivity contribution in [2.75, 3.05) is 19.8 Å². The molecule has 3 fully saturated rings. The molecule has 5 nitrogen and oxygen atoms in total. The summed E-state index contributed by atoms with van der Waals surface area (Å²) < 4.78 is 11.5. The summed E-state index contributed by atoms with van der Waals surface area (Å²) in [5, 5.41) is 3.31. The van der Waals surface area contributed by atoms with Crippen LogP contribution in [-0.4, -0.2) is 31.7 Å². The van der Waals surface area contributed by atoms with Gasteiger partial charge in [0.05, 0.1) is 5.92 Å². The number of carbonyl (C=O) groups is 1. The van der Waals surface area contributed by atoms with Crippen molar-refractivity contribution in [3.63, 3.8) is 0 Å². The van der Waals surface area contributed by atoms with Crippen molar-refractivity contribution in [1.29, 1.82) is 0 Å². The van der Waals surface area contributed by atoms with Gasteiger partial charge >= 0.3 is 0 Å². The van der Waals surface area contributed by atoms with Gasteiger partial charge in [-0.05, 0) is 61.6 Å². The number of amides is 1. The van der Waals surface area contributed by atoms with Gasteiger partial charge in [-0.15, -0.1) is 12.4 Å². The summed E-state index contributed by atoms with van der Waals surface area (Å²) in [5.41, 5.74) is 7.65. The van der Waals surface area contributed by atoms with Crippen LogP contribution in [0, 0.1) is 17.8 Å². The van der Waals surface area contributed by atoms with E-state index >= 15 is 0 Å². The van der Waals surface area contributed by atoms with Gasteiger partial charge in [0, 0.05) is 18.0 Å². The first-order valence-corrected chi connectivity index (χ1v) is 10.6. The molecule has 1 aromatic rings. The molecule has 2 bridgehead atoms. The third kappa shape index (κ3) is 3.26. The Morgan fingerprint density at radius 1 is 1.11 bits per heavy atom. The molecule has 1 heterocycles. The molecule has 1 aliphatic heterocycles. The van der Waals surface area contributed by atoms with E-state index in [4.69, 9.17) is 15.2 Å². The monoisotopic (exact) mass is 406 g/mol. The maximum atomic E-state index is 13.0. The van der Waals surface area contributed by atoms with Gasteiger partial charge in [0.25, 0.3) is 0 Å². The zero-order chi connectivity index (χ0) is 18.4. The summed E-state index contributed by atoms with van der Waals surface area (Å²) >= 11 is 0. The fraction of sp³-hybridized carbons (Fsp3) is 0.682. The number of nitrogens with two attached hydrogens (primary N) is 1. The molecule has 1 amide bonds. The van der Waals surface area contributed by atoms with Crippen LogP contribution in [0.4, 0.5) is 0 Å². The summed E-state index contributed by atoms with van der Waals surface area (Å²) in [6, 6.07) is 6.37. The standard InChI is InChI=1S/C22H30N2O3.ClH/c23-20-15-4-3-14(11-15)19(20)21(25)24-13-22(7-1-2-8-22)16-5-6-17-18(12-16)27-10-9-26-17;/h5-6,12,14-15,19-20H,1-4,7-11,13,23H2,(H,24,25);1H. The first-order chi connectivity index (χ1) is 13.2. The van der Waals surface area contributed by atoms with Crippen molar-refractivity contribution in [2.45, 2.75) is 56.4 Å². The quantitative estimate of drug-likeness (QED) is 0.805. The second-order valence-electron chi connectivity index (χ2n) is 9.00. The van der Waals surface area contributed by atoms with E-state index in [1.807, 2.05) is 6.07 Å². The number of carbonyl (C=O) groups excluding carboxylic acids is 1. The highest BCUT2D eigenvalue weighted by atomic mass is 35.5. The number of benzene rings is 1. The third-order valence-corrected chi connectivity index (χ3v) is 7.60. The molecule has 5 rings (SSSR count). The van der Waals surface area contributed by atoms with E-state index in [1.54, 1.807) is 0 Å².